The van der Waals surface area contributed by atoms with Crippen molar-refractivity contribution in [3.63, 3.8) is 0 Å². The standard InChI is InChI=1S/C11H13NO3/c1-15-11-4-2-6(3-5-11)7-8(11)10(14)12-9(7)13/h2,4,6,12-14H,3,5H2,1H3. The number of aromatic nitrogens is 1. The summed E-state index contributed by atoms with van der Waals surface area (Å²) in [5, 5.41) is 19.5. The fraction of sp³-hybridized carbons (Fsp3) is 0.455. The molecule has 2 unspecified atom stereocenters. The Morgan fingerprint density at radius 1 is 1.47 bits per heavy atom. The van der Waals surface area contributed by atoms with Crippen LogP contribution in [-0.4, -0.2) is 22.3 Å². The van der Waals surface area contributed by atoms with E-state index in [0.29, 0.717) is 5.56 Å². The van der Waals surface area contributed by atoms with E-state index >= 15 is 0 Å². The number of hydrogen-bond donors (Lipinski definition) is 3. The number of methoxy groups -OCH3 is 1. The molecule has 2 bridgehead atoms. The molecule has 4 heteroatoms. The van der Waals surface area contributed by atoms with Crippen LogP contribution in [0.3, 0.4) is 0 Å². The monoisotopic (exact) mass is 207 g/mol. The SMILES string of the molecule is COC12C=CC(CC1)c1c(O)[nH]c(O)c12. The summed E-state index contributed by atoms with van der Waals surface area (Å²) in [6, 6.07) is 0. The van der Waals surface area contributed by atoms with Crippen LogP contribution in [0, 0.1) is 0 Å². The number of fused-ring (bicyclic) bond motifs is 1. The van der Waals surface area contributed by atoms with Crippen molar-refractivity contribution in [3.8, 4) is 11.8 Å². The van der Waals surface area contributed by atoms with E-state index in [1.165, 1.54) is 0 Å². The van der Waals surface area contributed by atoms with Crippen molar-refractivity contribution in [2.24, 2.45) is 0 Å². The van der Waals surface area contributed by atoms with Crippen molar-refractivity contribution in [2.75, 3.05) is 7.11 Å². The number of nitrogens with one attached hydrogen (secondary N) is 1. The summed E-state index contributed by atoms with van der Waals surface area (Å²) < 4.78 is 5.51. The van der Waals surface area contributed by atoms with Gasteiger partial charge in [-0.3, -0.25) is 4.98 Å². The molecule has 0 saturated carbocycles. The first-order valence-corrected chi connectivity index (χ1v) is 5.07. The highest BCUT2D eigenvalue weighted by Crippen LogP contribution is 2.55. The zero-order valence-electron chi connectivity index (χ0n) is 8.45. The summed E-state index contributed by atoms with van der Waals surface area (Å²) in [6.07, 6.45) is 5.82. The molecule has 0 saturated heterocycles. The van der Waals surface area contributed by atoms with Gasteiger partial charge in [0.25, 0.3) is 0 Å². The molecule has 4 rings (SSSR count). The van der Waals surface area contributed by atoms with E-state index < -0.39 is 5.60 Å². The average Bonchev–Trinajstić information content (AvgIpc) is 2.59. The summed E-state index contributed by atoms with van der Waals surface area (Å²) in [5.74, 6) is 0.297. The molecule has 3 N–H and O–H groups in total. The maximum absolute atomic E-state index is 9.77. The van der Waals surface area contributed by atoms with Gasteiger partial charge in [0.2, 0.25) is 0 Å². The predicted octanol–water partition coefficient (Wildman–Crippen LogP) is 1.71. The lowest BCUT2D eigenvalue weighted by molar-refractivity contribution is 0.00492. The van der Waals surface area contributed by atoms with Crippen LogP contribution >= 0.6 is 0 Å². The van der Waals surface area contributed by atoms with Gasteiger partial charge in [-0.1, -0.05) is 12.2 Å². The molecule has 1 aromatic heterocycles. The summed E-state index contributed by atoms with van der Waals surface area (Å²) in [4.78, 5) is 2.57. The number of allylic oxidation sites excluding steroid dienone is 1. The molecule has 4 nitrogen and oxygen atoms in total. The second-order valence-corrected chi connectivity index (χ2v) is 4.21. The number of rotatable bonds is 1. The quantitative estimate of drug-likeness (QED) is 0.614. The van der Waals surface area contributed by atoms with Gasteiger partial charge >= 0.3 is 0 Å². The number of aromatic hydroxyl groups is 2. The summed E-state index contributed by atoms with van der Waals surface area (Å²) >= 11 is 0. The van der Waals surface area contributed by atoms with E-state index in [0.717, 1.165) is 18.4 Å². The Kier molecular flexibility index (Phi) is 1.52. The predicted molar refractivity (Wildman–Crippen MR) is 53.9 cm³/mol. The highest BCUT2D eigenvalue weighted by atomic mass is 16.5. The maximum Gasteiger partial charge on any atom is 0.198 e. The van der Waals surface area contributed by atoms with Crippen LogP contribution in [0.25, 0.3) is 0 Å². The first kappa shape index (κ1) is 8.85. The van der Waals surface area contributed by atoms with Gasteiger partial charge in [0.15, 0.2) is 11.8 Å². The van der Waals surface area contributed by atoms with Crippen molar-refractivity contribution in [1.82, 2.24) is 4.98 Å². The molecular formula is C11H13NO3. The minimum absolute atomic E-state index is 0.0263. The topological polar surface area (TPSA) is 65.5 Å². The fourth-order valence-corrected chi connectivity index (χ4v) is 2.82. The van der Waals surface area contributed by atoms with Crippen LogP contribution in [-0.2, 0) is 10.3 Å². The van der Waals surface area contributed by atoms with E-state index in [-0.39, 0.29) is 17.7 Å². The molecule has 0 fully saturated rings. The molecule has 15 heavy (non-hydrogen) atoms. The van der Waals surface area contributed by atoms with E-state index in [4.69, 9.17) is 4.74 Å². The normalized spacial score (nSPS) is 31.9. The average molecular weight is 207 g/mol. The Morgan fingerprint density at radius 3 is 2.87 bits per heavy atom. The molecule has 0 amide bonds. The number of hydrogen-bond acceptors (Lipinski definition) is 3. The zero-order chi connectivity index (χ0) is 10.6. The van der Waals surface area contributed by atoms with E-state index in [1.807, 2.05) is 12.2 Å². The van der Waals surface area contributed by atoms with E-state index in [1.54, 1.807) is 7.11 Å². The van der Waals surface area contributed by atoms with Gasteiger partial charge in [0, 0.05) is 18.6 Å². The maximum atomic E-state index is 9.77. The van der Waals surface area contributed by atoms with Gasteiger partial charge in [-0.05, 0) is 12.8 Å². The molecule has 0 spiro atoms. The number of ether oxygens (including phenoxy) is 1. The minimum Gasteiger partial charge on any atom is -0.494 e. The first-order valence-electron chi connectivity index (χ1n) is 5.07. The Balaban J connectivity index is 2.31. The van der Waals surface area contributed by atoms with Crippen LogP contribution in [0.4, 0.5) is 0 Å². The Hall–Kier alpha value is -1.42. The van der Waals surface area contributed by atoms with E-state index in [9.17, 15) is 10.2 Å². The molecule has 1 aromatic rings. The largest absolute Gasteiger partial charge is 0.494 e. The van der Waals surface area contributed by atoms with Gasteiger partial charge in [-0.15, -0.1) is 0 Å². The van der Waals surface area contributed by atoms with Crippen LogP contribution in [0.5, 0.6) is 11.8 Å². The molecule has 3 aliphatic carbocycles. The third-order valence-electron chi connectivity index (χ3n) is 3.58. The van der Waals surface area contributed by atoms with Crippen molar-refractivity contribution < 1.29 is 14.9 Å². The highest BCUT2D eigenvalue weighted by Gasteiger charge is 2.46. The van der Waals surface area contributed by atoms with Gasteiger partial charge in [0.1, 0.15) is 5.60 Å². The molecule has 0 aromatic carbocycles. The highest BCUT2D eigenvalue weighted by molar-refractivity contribution is 5.56. The van der Waals surface area contributed by atoms with Crippen molar-refractivity contribution >= 4 is 0 Å². The molecule has 0 radical (unpaired) electrons. The summed E-state index contributed by atoms with van der Waals surface area (Å²) in [7, 11) is 1.63. The van der Waals surface area contributed by atoms with Crippen molar-refractivity contribution in [3.05, 3.63) is 23.3 Å². The van der Waals surface area contributed by atoms with Gasteiger partial charge in [-0.2, -0.15) is 0 Å². The summed E-state index contributed by atoms with van der Waals surface area (Å²) in [5.41, 5.74) is 0.954. The number of aromatic amines is 1. The van der Waals surface area contributed by atoms with E-state index in [2.05, 4.69) is 4.98 Å². The van der Waals surface area contributed by atoms with Gasteiger partial charge in [0.05, 0.1) is 5.56 Å². The smallest absolute Gasteiger partial charge is 0.198 e. The van der Waals surface area contributed by atoms with Gasteiger partial charge < -0.3 is 14.9 Å². The van der Waals surface area contributed by atoms with Crippen molar-refractivity contribution in [2.45, 2.75) is 24.4 Å². The summed E-state index contributed by atoms with van der Waals surface area (Å²) in [6.45, 7) is 0. The lowest BCUT2D eigenvalue weighted by Crippen LogP contribution is -2.34. The Labute approximate surface area is 87.2 Å². The van der Waals surface area contributed by atoms with Crippen molar-refractivity contribution in [1.29, 1.82) is 0 Å². The fourth-order valence-electron chi connectivity index (χ4n) is 2.82. The van der Waals surface area contributed by atoms with Crippen LogP contribution in [0.2, 0.25) is 0 Å². The lowest BCUT2D eigenvalue weighted by atomic mass is 9.70. The molecule has 1 heterocycles. The Bertz CT molecular complexity index is 449. The molecular weight excluding hydrogens is 194 g/mol. The molecule has 3 aliphatic rings. The van der Waals surface area contributed by atoms with Gasteiger partial charge in [-0.25, -0.2) is 0 Å². The molecule has 80 valence electrons. The zero-order valence-corrected chi connectivity index (χ0v) is 8.45. The Morgan fingerprint density at radius 2 is 2.27 bits per heavy atom. The molecule has 0 aliphatic heterocycles. The first-order chi connectivity index (χ1) is 7.18. The third kappa shape index (κ3) is 0.899. The third-order valence-corrected chi connectivity index (χ3v) is 3.58. The minimum atomic E-state index is -0.550. The van der Waals surface area contributed by atoms with Crippen LogP contribution in [0.15, 0.2) is 12.2 Å². The second-order valence-electron chi connectivity index (χ2n) is 4.21. The second kappa shape index (κ2) is 2.58. The molecule has 2 atom stereocenters. The lowest BCUT2D eigenvalue weighted by Gasteiger charge is -2.40. The van der Waals surface area contributed by atoms with Crippen LogP contribution in [0.1, 0.15) is 29.9 Å². The number of H-pyrrole nitrogens is 1. The van der Waals surface area contributed by atoms with Crippen LogP contribution < -0.4 is 0 Å².